The second kappa shape index (κ2) is 8.65. The van der Waals surface area contributed by atoms with E-state index in [0.29, 0.717) is 11.6 Å². The number of hydrogen-bond acceptors (Lipinski definition) is 3. The molecule has 0 aliphatic carbocycles. The van der Waals surface area contributed by atoms with Gasteiger partial charge in [0.05, 0.1) is 0 Å². The summed E-state index contributed by atoms with van der Waals surface area (Å²) < 4.78 is 0.930. The van der Waals surface area contributed by atoms with Crippen molar-refractivity contribution < 1.29 is 4.79 Å². The molecule has 1 N–H and O–H groups in total. The van der Waals surface area contributed by atoms with Gasteiger partial charge >= 0.3 is 0 Å². The Balaban J connectivity index is 1.96. The van der Waals surface area contributed by atoms with Crippen LogP contribution >= 0.6 is 15.9 Å². The van der Waals surface area contributed by atoms with E-state index in [2.05, 4.69) is 72.0 Å². The zero-order valence-corrected chi connectivity index (χ0v) is 19.8. The first-order valence-corrected chi connectivity index (χ1v) is 11.1. The molecule has 5 heteroatoms. The normalized spacial score (nSPS) is 17.8. The first-order chi connectivity index (χ1) is 14.2. The van der Waals surface area contributed by atoms with Crippen LogP contribution in [0, 0.1) is 18.3 Å². The Kier molecular flexibility index (Phi) is 6.38. The van der Waals surface area contributed by atoms with Crippen molar-refractivity contribution in [3.8, 4) is 6.07 Å². The lowest BCUT2D eigenvalue weighted by atomic mass is 9.79. The predicted molar refractivity (Wildman–Crippen MR) is 128 cm³/mol. The second-order valence-electron chi connectivity index (χ2n) is 8.56. The van der Waals surface area contributed by atoms with Crippen molar-refractivity contribution in [2.45, 2.75) is 52.5 Å². The zero-order chi connectivity index (χ0) is 22.1. The van der Waals surface area contributed by atoms with Crippen LogP contribution in [0.25, 0.3) is 6.08 Å². The van der Waals surface area contributed by atoms with Crippen LogP contribution in [0.15, 0.2) is 46.4 Å². The van der Waals surface area contributed by atoms with Gasteiger partial charge in [-0.1, -0.05) is 22.9 Å². The average molecular weight is 466 g/mol. The molecule has 2 aromatic carbocycles. The number of carbonyl (C=O) groups excluding carboxylic acids is 1. The Morgan fingerprint density at radius 3 is 2.60 bits per heavy atom. The molecule has 0 fully saturated rings. The monoisotopic (exact) mass is 465 g/mol. The van der Waals surface area contributed by atoms with E-state index in [1.165, 1.54) is 11.3 Å². The number of rotatable bonds is 4. The standard InChI is InChI=1S/C25H28BrN3O/c1-6-29-23-11-16(2)18(13-22(23)17(3)14-25(29,4)5)12-19(15-27)24(30)28-21-9-7-20(26)8-10-21/h7-13,17H,6,14H2,1-5H3,(H,28,30)/b19-12+. The fourth-order valence-corrected chi connectivity index (χ4v) is 4.71. The number of nitriles is 1. The van der Waals surface area contributed by atoms with E-state index >= 15 is 0 Å². The molecule has 1 atom stereocenters. The topological polar surface area (TPSA) is 56.1 Å². The van der Waals surface area contributed by atoms with Gasteiger partial charge in [0.25, 0.3) is 5.91 Å². The van der Waals surface area contributed by atoms with E-state index in [4.69, 9.17) is 0 Å². The number of halogens is 1. The highest BCUT2D eigenvalue weighted by molar-refractivity contribution is 9.10. The van der Waals surface area contributed by atoms with E-state index in [0.717, 1.165) is 28.6 Å². The Morgan fingerprint density at radius 2 is 2.00 bits per heavy atom. The smallest absolute Gasteiger partial charge is 0.266 e. The highest BCUT2D eigenvalue weighted by atomic mass is 79.9. The summed E-state index contributed by atoms with van der Waals surface area (Å²) in [5.74, 6) is 0.00832. The molecule has 156 valence electrons. The fraction of sp³-hybridized carbons (Fsp3) is 0.360. The molecular formula is C25H28BrN3O. The molecule has 4 nitrogen and oxygen atoms in total. The van der Waals surface area contributed by atoms with Gasteiger partial charge in [0.1, 0.15) is 11.6 Å². The number of anilines is 2. The van der Waals surface area contributed by atoms with Crippen molar-refractivity contribution in [2.75, 3.05) is 16.8 Å². The molecule has 0 saturated heterocycles. The predicted octanol–water partition coefficient (Wildman–Crippen LogP) is 6.42. The van der Waals surface area contributed by atoms with E-state index in [-0.39, 0.29) is 11.1 Å². The van der Waals surface area contributed by atoms with Crippen LogP contribution in [-0.2, 0) is 4.79 Å². The van der Waals surface area contributed by atoms with Gasteiger partial charge in [-0.05, 0) is 99.2 Å². The largest absolute Gasteiger partial charge is 0.366 e. The van der Waals surface area contributed by atoms with Crippen LogP contribution in [0.2, 0.25) is 0 Å². The highest BCUT2D eigenvalue weighted by Gasteiger charge is 2.35. The maximum Gasteiger partial charge on any atom is 0.266 e. The van der Waals surface area contributed by atoms with Crippen LogP contribution in [0.5, 0.6) is 0 Å². The third-order valence-electron chi connectivity index (χ3n) is 5.86. The van der Waals surface area contributed by atoms with Crippen molar-refractivity contribution in [1.82, 2.24) is 0 Å². The lowest BCUT2D eigenvalue weighted by molar-refractivity contribution is -0.112. The van der Waals surface area contributed by atoms with Crippen molar-refractivity contribution in [3.05, 3.63) is 63.1 Å². The summed E-state index contributed by atoms with van der Waals surface area (Å²) >= 11 is 3.38. The van der Waals surface area contributed by atoms with Crippen LogP contribution in [0.1, 0.15) is 56.7 Å². The quantitative estimate of drug-likeness (QED) is 0.418. The van der Waals surface area contributed by atoms with Gasteiger partial charge in [-0.3, -0.25) is 4.79 Å². The molecule has 1 aliphatic heterocycles. The number of aryl methyl sites for hydroxylation is 1. The SMILES string of the molecule is CCN1c2cc(C)c(/C=C(\C#N)C(=O)Nc3ccc(Br)cc3)cc2C(C)CC1(C)C. The van der Waals surface area contributed by atoms with Crippen molar-refractivity contribution in [2.24, 2.45) is 0 Å². The van der Waals surface area contributed by atoms with E-state index in [1.54, 1.807) is 18.2 Å². The van der Waals surface area contributed by atoms with Gasteiger partial charge in [0.2, 0.25) is 0 Å². The first-order valence-electron chi connectivity index (χ1n) is 10.3. The van der Waals surface area contributed by atoms with Crippen LogP contribution in [-0.4, -0.2) is 18.0 Å². The molecule has 0 saturated carbocycles. The average Bonchev–Trinajstić information content (AvgIpc) is 2.68. The number of nitrogens with one attached hydrogen (secondary N) is 1. The Hall–Kier alpha value is -2.58. The summed E-state index contributed by atoms with van der Waals surface area (Å²) in [6, 6.07) is 13.7. The molecule has 2 aromatic rings. The van der Waals surface area contributed by atoms with Crippen LogP contribution < -0.4 is 10.2 Å². The third-order valence-corrected chi connectivity index (χ3v) is 6.39. The zero-order valence-electron chi connectivity index (χ0n) is 18.2. The second-order valence-corrected chi connectivity index (χ2v) is 9.48. The molecule has 3 rings (SSSR count). The van der Waals surface area contributed by atoms with Gasteiger partial charge < -0.3 is 10.2 Å². The van der Waals surface area contributed by atoms with E-state index in [9.17, 15) is 10.1 Å². The molecule has 1 amide bonds. The van der Waals surface area contributed by atoms with Gasteiger partial charge in [-0.2, -0.15) is 5.26 Å². The molecule has 0 aromatic heterocycles. The Bertz CT molecular complexity index is 1030. The fourth-order valence-electron chi connectivity index (χ4n) is 4.44. The van der Waals surface area contributed by atoms with E-state index < -0.39 is 5.91 Å². The van der Waals surface area contributed by atoms with Gasteiger partial charge in [-0.15, -0.1) is 0 Å². The number of fused-ring (bicyclic) bond motifs is 1. The van der Waals surface area contributed by atoms with E-state index in [1.807, 2.05) is 19.1 Å². The third kappa shape index (κ3) is 4.44. The maximum absolute atomic E-state index is 12.7. The summed E-state index contributed by atoms with van der Waals surface area (Å²) in [4.78, 5) is 15.1. The van der Waals surface area contributed by atoms with Gasteiger partial charge in [-0.25, -0.2) is 0 Å². The molecule has 0 spiro atoms. The molecule has 30 heavy (non-hydrogen) atoms. The minimum Gasteiger partial charge on any atom is -0.366 e. The number of nitrogens with zero attached hydrogens (tertiary/aromatic N) is 2. The molecule has 1 aliphatic rings. The van der Waals surface area contributed by atoms with Gasteiger partial charge in [0.15, 0.2) is 0 Å². The highest BCUT2D eigenvalue weighted by Crippen LogP contribution is 2.44. The molecule has 0 bridgehead atoms. The number of benzene rings is 2. The number of amides is 1. The van der Waals surface area contributed by atoms with Crippen molar-refractivity contribution in [1.29, 1.82) is 5.26 Å². The minimum absolute atomic E-state index is 0.0945. The minimum atomic E-state index is -0.402. The first kappa shape index (κ1) is 22.1. The summed E-state index contributed by atoms with van der Waals surface area (Å²) in [6.07, 6.45) is 2.77. The van der Waals surface area contributed by atoms with Crippen molar-refractivity contribution in [3.63, 3.8) is 0 Å². The lowest BCUT2D eigenvalue weighted by Gasteiger charge is -2.47. The van der Waals surface area contributed by atoms with Crippen LogP contribution in [0.4, 0.5) is 11.4 Å². The molecule has 1 unspecified atom stereocenters. The molecule has 0 radical (unpaired) electrons. The summed E-state index contributed by atoms with van der Waals surface area (Å²) in [6.45, 7) is 12.0. The van der Waals surface area contributed by atoms with Gasteiger partial charge in [0, 0.05) is 27.9 Å². The summed E-state index contributed by atoms with van der Waals surface area (Å²) in [7, 11) is 0. The summed E-state index contributed by atoms with van der Waals surface area (Å²) in [5.41, 5.74) is 5.36. The Morgan fingerprint density at radius 1 is 1.33 bits per heavy atom. The van der Waals surface area contributed by atoms with Crippen molar-refractivity contribution >= 4 is 39.3 Å². The molecular weight excluding hydrogens is 438 g/mol. The number of carbonyl (C=O) groups is 1. The van der Waals surface area contributed by atoms with Crippen LogP contribution in [0.3, 0.4) is 0 Å². The summed E-state index contributed by atoms with van der Waals surface area (Å²) in [5, 5.41) is 12.4. The Labute approximate surface area is 187 Å². The molecule has 1 heterocycles. The lowest BCUT2D eigenvalue weighted by Crippen LogP contribution is -2.48. The number of hydrogen-bond donors (Lipinski definition) is 1. The maximum atomic E-state index is 12.7.